The standard InChI is InChI=1S/C17H29N3O/c1-12-8-13(2)17(16(9-12)21-5)15(18)10-14-11-19(3)6-7-20(14)4/h8-9,14-15H,6-7,10-11,18H2,1-5H3. The zero-order chi connectivity index (χ0) is 15.6. The van der Waals surface area contributed by atoms with Gasteiger partial charge in [0, 0.05) is 37.3 Å². The fraction of sp³-hybridized carbons (Fsp3) is 0.647. The number of hydrogen-bond acceptors (Lipinski definition) is 4. The molecule has 21 heavy (non-hydrogen) atoms. The molecule has 1 fully saturated rings. The Hall–Kier alpha value is -1.10. The molecule has 0 spiro atoms. The van der Waals surface area contributed by atoms with Crippen LogP contribution in [0, 0.1) is 13.8 Å². The second-order valence-electron chi connectivity index (χ2n) is 6.44. The Labute approximate surface area is 128 Å². The van der Waals surface area contributed by atoms with Crippen molar-refractivity contribution >= 4 is 0 Å². The van der Waals surface area contributed by atoms with Gasteiger partial charge in [0.25, 0.3) is 0 Å². The minimum atomic E-state index is 0.0134. The van der Waals surface area contributed by atoms with Crippen LogP contribution in [0.4, 0.5) is 0 Å². The summed E-state index contributed by atoms with van der Waals surface area (Å²) in [5.41, 5.74) is 10.1. The topological polar surface area (TPSA) is 41.7 Å². The van der Waals surface area contributed by atoms with Crippen molar-refractivity contribution in [3.8, 4) is 5.75 Å². The first-order valence-corrected chi connectivity index (χ1v) is 7.72. The van der Waals surface area contributed by atoms with Crippen LogP contribution >= 0.6 is 0 Å². The fourth-order valence-electron chi connectivity index (χ4n) is 3.35. The summed E-state index contributed by atoms with van der Waals surface area (Å²) in [5, 5.41) is 0. The molecule has 0 radical (unpaired) electrons. The molecule has 1 aliphatic heterocycles. The number of likely N-dealkylation sites (N-methyl/N-ethyl adjacent to an activating group) is 2. The molecule has 0 aromatic heterocycles. The number of nitrogens with two attached hydrogens (primary N) is 1. The normalized spacial score (nSPS) is 22.3. The van der Waals surface area contributed by atoms with Crippen LogP contribution < -0.4 is 10.5 Å². The maximum absolute atomic E-state index is 6.54. The van der Waals surface area contributed by atoms with E-state index in [9.17, 15) is 0 Å². The molecule has 1 aromatic rings. The highest BCUT2D eigenvalue weighted by Crippen LogP contribution is 2.32. The van der Waals surface area contributed by atoms with E-state index in [4.69, 9.17) is 10.5 Å². The summed E-state index contributed by atoms with van der Waals surface area (Å²) in [6, 6.07) is 4.79. The molecule has 0 bridgehead atoms. The van der Waals surface area contributed by atoms with Crippen LogP contribution in [0.1, 0.15) is 29.2 Å². The third-order valence-electron chi connectivity index (χ3n) is 4.59. The third-order valence-corrected chi connectivity index (χ3v) is 4.59. The van der Waals surface area contributed by atoms with Gasteiger partial charge in [0.05, 0.1) is 7.11 Å². The lowest BCUT2D eigenvalue weighted by Crippen LogP contribution is -2.50. The average Bonchev–Trinajstić information content (AvgIpc) is 2.41. The largest absolute Gasteiger partial charge is 0.496 e. The predicted molar refractivity (Wildman–Crippen MR) is 87.9 cm³/mol. The first-order chi connectivity index (χ1) is 9.92. The highest BCUT2D eigenvalue weighted by molar-refractivity contribution is 5.45. The molecule has 1 heterocycles. The SMILES string of the molecule is COc1cc(C)cc(C)c1C(N)CC1CN(C)CCN1C. The molecular weight excluding hydrogens is 262 g/mol. The van der Waals surface area contributed by atoms with Crippen molar-refractivity contribution in [3.05, 3.63) is 28.8 Å². The van der Waals surface area contributed by atoms with E-state index in [1.165, 1.54) is 11.1 Å². The Morgan fingerprint density at radius 2 is 2.00 bits per heavy atom. The summed E-state index contributed by atoms with van der Waals surface area (Å²) < 4.78 is 5.56. The molecule has 0 aliphatic carbocycles. The molecule has 4 heteroatoms. The smallest absolute Gasteiger partial charge is 0.124 e. The minimum absolute atomic E-state index is 0.0134. The van der Waals surface area contributed by atoms with Crippen molar-refractivity contribution in [3.63, 3.8) is 0 Å². The van der Waals surface area contributed by atoms with Gasteiger partial charge < -0.3 is 20.3 Å². The molecule has 1 aliphatic rings. The Morgan fingerprint density at radius 3 is 2.67 bits per heavy atom. The third kappa shape index (κ3) is 3.76. The number of methoxy groups -OCH3 is 1. The Morgan fingerprint density at radius 1 is 1.29 bits per heavy atom. The van der Waals surface area contributed by atoms with Crippen LogP contribution in [0.5, 0.6) is 5.75 Å². The lowest BCUT2D eigenvalue weighted by molar-refractivity contribution is 0.104. The van der Waals surface area contributed by atoms with Gasteiger partial charge in [-0.25, -0.2) is 0 Å². The predicted octanol–water partition coefficient (Wildman–Crippen LogP) is 1.95. The number of rotatable bonds is 4. The van der Waals surface area contributed by atoms with E-state index in [0.29, 0.717) is 6.04 Å². The number of aryl methyl sites for hydroxylation is 2. The minimum Gasteiger partial charge on any atom is -0.496 e. The lowest BCUT2D eigenvalue weighted by atomic mass is 9.93. The fourth-order valence-corrected chi connectivity index (χ4v) is 3.35. The van der Waals surface area contributed by atoms with Crippen LogP contribution in [-0.2, 0) is 0 Å². The van der Waals surface area contributed by atoms with E-state index in [2.05, 4.69) is 49.9 Å². The molecule has 0 saturated carbocycles. The first kappa shape index (κ1) is 16.3. The van der Waals surface area contributed by atoms with E-state index < -0.39 is 0 Å². The van der Waals surface area contributed by atoms with Crippen molar-refractivity contribution < 1.29 is 4.74 Å². The summed E-state index contributed by atoms with van der Waals surface area (Å²) >= 11 is 0. The van der Waals surface area contributed by atoms with Crippen molar-refractivity contribution in [1.82, 2.24) is 9.80 Å². The average molecular weight is 291 g/mol. The second kappa shape index (κ2) is 6.77. The van der Waals surface area contributed by atoms with Crippen LogP contribution in [0.15, 0.2) is 12.1 Å². The summed E-state index contributed by atoms with van der Waals surface area (Å²) in [7, 11) is 6.11. The molecule has 118 valence electrons. The molecular formula is C17H29N3O. The van der Waals surface area contributed by atoms with E-state index in [0.717, 1.165) is 37.4 Å². The van der Waals surface area contributed by atoms with Crippen molar-refractivity contribution in [2.24, 2.45) is 5.73 Å². The lowest BCUT2D eigenvalue weighted by Gasteiger charge is -2.39. The van der Waals surface area contributed by atoms with Crippen LogP contribution in [0.2, 0.25) is 0 Å². The summed E-state index contributed by atoms with van der Waals surface area (Å²) in [6.07, 6.45) is 0.959. The number of benzene rings is 1. The molecule has 2 N–H and O–H groups in total. The highest BCUT2D eigenvalue weighted by atomic mass is 16.5. The van der Waals surface area contributed by atoms with Crippen molar-refractivity contribution in [1.29, 1.82) is 0 Å². The quantitative estimate of drug-likeness (QED) is 0.920. The van der Waals surface area contributed by atoms with Gasteiger partial charge in [0.15, 0.2) is 0 Å². The van der Waals surface area contributed by atoms with Gasteiger partial charge in [-0.05, 0) is 51.6 Å². The molecule has 4 nitrogen and oxygen atoms in total. The van der Waals surface area contributed by atoms with Gasteiger partial charge in [-0.15, -0.1) is 0 Å². The van der Waals surface area contributed by atoms with Crippen LogP contribution in [0.25, 0.3) is 0 Å². The molecule has 1 aromatic carbocycles. The Balaban J connectivity index is 2.18. The van der Waals surface area contributed by atoms with E-state index >= 15 is 0 Å². The number of hydrogen-bond donors (Lipinski definition) is 1. The van der Waals surface area contributed by atoms with Gasteiger partial charge in [0.1, 0.15) is 5.75 Å². The van der Waals surface area contributed by atoms with Crippen LogP contribution in [0.3, 0.4) is 0 Å². The summed E-state index contributed by atoms with van der Waals surface area (Å²) in [4.78, 5) is 4.81. The van der Waals surface area contributed by atoms with E-state index in [-0.39, 0.29) is 6.04 Å². The van der Waals surface area contributed by atoms with Crippen molar-refractivity contribution in [2.75, 3.05) is 40.8 Å². The Bertz CT molecular complexity index is 489. The maximum atomic E-state index is 6.54. The molecule has 2 unspecified atom stereocenters. The number of piperazine rings is 1. The van der Waals surface area contributed by atoms with Gasteiger partial charge in [-0.2, -0.15) is 0 Å². The van der Waals surface area contributed by atoms with Gasteiger partial charge in [-0.1, -0.05) is 6.07 Å². The molecule has 2 rings (SSSR count). The molecule has 0 amide bonds. The van der Waals surface area contributed by atoms with Gasteiger partial charge >= 0.3 is 0 Å². The molecule has 1 saturated heterocycles. The highest BCUT2D eigenvalue weighted by Gasteiger charge is 2.26. The van der Waals surface area contributed by atoms with E-state index in [1.807, 2.05) is 0 Å². The number of ether oxygens (including phenoxy) is 1. The van der Waals surface area contributed by atoms with Gasteiger partial charge in [-0.3, -0.25) is 0 Å². The second-order valence-corrected chi connectivity index (χ2v) is 6.44. The Kier molecular flexibility index (Phi) is 5.25. The number of nitrogens with zero attached hydrogens (tertiary/aromatic N) is 2. The first-order valence-electron chi connectivity index (χ1n) is 7.72. The van der Waals surface area contributed by atoms with Crippen LogP contribution in [-0.4, -0.2) is 56.7 Å². The zero-order valence-corrected chi connectivity index (χ0v) is 14.0. The summed E-state index contributed by atoms with van der Waals surface area (Å²) in [6.45, 7) is 7.54. The monoisotopic (exact) mass is 291 g/mol. The maximum Gasteiger partial charge on any atom is 0.124 e. The van der Waals surface area contributed by atoms with Crippen molar-refractivity contribution in [2.45, 2.75) is 32.4 Å². The zero-order valence-electron chi connectivity index (χ0n) is 14.0. The summed E-state index contributed by atoms with van der Waals surface area (Å²) in [5.74, 6) is 0.923. The van der Waals surface area contributed by atoms with Gasteiger partial charge in [0.2, 0.25) is 0 Å². The van der Waals surface area contributed by atoms with E-state index in [1.54, 1.807) is 7.11 Å². The molecule has 2 atom stereocenters.